The zero-order valence-electron chi connectivity index (χ0n) is 16.8. The van der Waals surface area contributed by atoms with Crippen LogP contribution in [0, 0.1) is 13.8 Å². The molecule has 2 aromatic carbocycles. The Hall–Kier alpha value is -3.43. The average molecular weight is 426 g/mol. The van der Waals surface area contributed by atoms with E-state index in [2.05, 4.69) is 10.5 Å². The fourth-order valence-electron chi connectivity index (χ4n) is 3.15. The standard InChI is InChI=1S/C21H22N4O4S/c1-14-12-16(13-23-24-21(26)19-6-4-5-7-20(19)29-3)15(2)25(14)17-8-10-18(11-9-17)30(22,27)28/h4-13H,1-3H3,(H,24,26)(H2,22,27,28)/b23-13-. The molecule has 0 aliphatic rings. The van der Waals surface area contributed by atoms with Gasteiger partial charge in [0.15, 0.2) is 0 Å². The number of nitrogens with one attached hydrogen (secondary N) is 1. The normalized spacial score (nSPS) is 11.6. The molecule has 156 valence electrons. The molecule has 3 N–H and O–H groups in total. The van der Waals surface area contributed by atoms with Crippen LogP contribution in [0.15, 0.2) is 64.6 Å². The number of aryl methyl sites for hydroxylation is 1. The van der Waals surface area contributed by atoms with Crippen molar-refractivity contribution < 1.29 is 17.9 Å². The number of benzene rings is 2. The zero-order valence-corrected chi connectivity index (χ0v) is 17.6. The number of methoxy groups -OCH3 is 1. The predicted molar refractivity (Wildman–Crippen MR) is 115 cm³/mol. The first-order chi connectivity index (χ1) is 14.2. The molecule has 0 aliphatic carbocycles. The molecule has 8 nitrogen and oxygen atoms in total. The fraction of sp³-hybridized carbons (Fsp3) is 0.143. The van der Waals surface area contributed by atoms with Crippen molar-refractivity contribution in [2.75, 3.05) is 7.11 Å². The topological polar surface area (TPSA) is 116 Å². The van der Waals surface area contributed by atoms with E-state index in [-0.39, 0.29) is 10.8 Å². The maximum Gasteiger partial charge on any atom is 0.275 e. The van der Waals surface area contributed by atoms with Crippen LogP contribution in [0.25, 0.3) is 5.69 Å². The van der Waals surface area contributed by atoms with E-state index in [1.165, 1.54) is 19.2 Å². The van der Waals surface area contributed by atoms with Crippen LogP contribution in [0.3, 0.4) is 0 Å². The molecule has 0 spiro atoms. The van der Waals surface area contributed by atoms with E-state index < -0.39 is 10.0 Å². The minimum atomic E-state index is -3.74. The molecule has 0 fully saturated rings. The molecule has 1 heterocycles. The monoisotopic (exact) mass is 426 g/mol. The van der Waals surface area contributed by atoms with Gasteiger partial charge in [0.2, 0.25) is 10.0 Å². The molecular weight excluding hydrogens is 404 g/mol. The largest absolute Gasteiger partial charge is 0.496 e. The van der Waals surface area contributed by atoms with Gasteiger partial charge in [0.25, 0.3) is 5.91 Å². The van der Waals surface area contributed by atoms with E-state index in [1.807, 2.05) is 24.5 Å². The van der Waals surface area contributed by atoms with Gasteiger partial charge in [-0.2, -0.15) is 5.10 Å². The van der Waals surface area contributed by atoms with Gasteiger partial charge in [-0.1, -0.05) is 12.1 Å². The van der Waals surface area contributed by atoms with E-state index >= 15 is 0 Å². The highest BCUT2D eigenvalue weighted by Gasteiger charge is 2.13. The maximum absolute atomic E-state index is 12.3. The summed E-state index contributed by atoms with van der Waals surface area (Å²) in [6, 6.07) is 15.1. The SMILES string of the molecule is COc1ccccc1C(=O)N/N=C\c1cc(C)n(-c2ccc(S(N)(=O)=O)cc2)c1C. The number of rotatable bonds is 6. The van der Waals surface area contributed by atoms with Crippen molar-refractivity contribution in [3.63, 3.8) is 0 Å². The lowest BCUT2D eigenvalue weighted by molar-refractivity contribution is 0.0952. The fourth-order valence-corrected chi connectivity index (χ4v) is 3.67. The van der Waals surface area contributed by atoms with Gasteiger partial charge in [-0.25, -0.2) is 19.0 Å². The summed E-state index contributed by atoms with van der Waals surface area (Å²) in [5.41, 5.74) is 6.29. The minimum absolute atomic E-state index is 0.0505. The molecule has 0 saturated heterocycles. The molecule has 0 saturated carbocycles. The lowest BCUT2D eigenvalue weighted by Gasteiger charge is -2.10. The van der Waals surface area contributed by atoms with Crippen LogP contribution in [-0.2, 0) is 10.0 Å². The van der Waals surface area contributed by atoms with Gasteiger partial charge in [0.05, 0.1) is 23.8 Å². The first-order valence-electron chi connectivity index (χ1n) is 9.01. The van der Waals surface area contributed by atoms with Crippen molar-refractivity contribution in [1.82, 2.24) is 9.99 Å². The van der Waals surface area contributed by atoms with Crippen LogP contribution in [0.4, 0.5) is 0 Å². The molecule has 30 heavy (non-hydrogen) atoms. The number of hydrazone groups is 1. The highest BCUT2D eigenvalue weighted by molar-refractivity contribution is 7.89. The highest BCUT2D eigenvalue weighted by Crippen LogP contribution is 2.21. The Balaban J connectivity index is 1.81. The summed E-state index contributed by atoms with van der Waals surface area (Å²) in [6.45, 7) is 3.83. The number of para-hydroxylation sites is 1. The molecule has 1 aromatic heterocycles. The number of carbonyl (C=O) groups is 1. The molecule has 3 rings (SSSR count). The minimum Gasteiger partial charge on any atom is -0.496 e. The third-order valence-corrected chi connectivity index (χ3v) is 5.54. The highest BCUT2D eigenvalue weighted by atomic mass is 32.2. The van der Waals surface area contributed by atoms with Gasteiger partial charge >= 0.3 is 0 Å². The first kappa shape index (κ1) is 21.3. The number of nitrogens with zero attached hydrogens (tertiary/aromatic N) is 2. The quantitative estimate of drug-likeness (QED) is 0.465. The van der Waals surface area contributed by atoms with Crippen LogP contribution in [0.1, 0.15) is 27.3 Å². The molecule has 0 atom stereocenters. The average Bonchev–Trinajstić information content (AvgIpc) is 3.00. The van der Waals surface area contributed by atoms with E-state index in [1.54, 1.807) is 42.6 Å². The second kappa shape index (κ2) is 8.52. The number of hydrogen-bond donors (Lipinski definition) is 2. The van der Waals surface area contributed by atoms with Gasteiger partial charge in [0.1, 0.15) is 5.75 Å². The molecule has 0 aliphatic heterocycles. The zero-order chi connectivity index (χ0) is 21.9. The Bertz CT molecular complexity index is 1210. The number of nitrogens with two attached hydrogens (primary N) is 1. The first-order valence-corrected chi connectivity index (χ1v) is 10.6. The number of primary sulfonamides is 1. The Morgan fingerprint density at radius 1 is 1.13 bits per heavy atom. The molecule has 3 aromatic rings. The van der Waals surface area contributed by atoms with Crippen LogP contribution in [0.5, 0.6) is 5.75 Å². The lowest BCUT2D eigenvalue weighted by Crippen LogP contribution is -2.18. The van der Waals surface area contributed by atoms with Crippen molar-refractivity contribution in [1.29, 1.82) is 0 Å². The number of aromatic nitrogens is 1. The smallest absolute Gasteiger partial charge is 0.275 e. The Morgan fingerprint density at radius 3 is 2.43 bits per heavy atom. The molecular formula is C21H22N4O4S. The third-order valence-electron chi connectivity index (χ3n) is 4.62. The second-order valence-electron chi connectivity index (χ2n) is 6.60. The lowest BCUT2D eigenvalue weighted by atomic mass is 10.2. The van der Waals surface area contributed by atoms with Gasteiger partial charge in [-0.3, -0.25) is 4.79 Å². The summed E-state index contributed by atoms with van der Waals surface area (Å²) in [7, 11) is -2.24. The molecule has 1 amide bonds. The second-order valence-corrected chi connectivity index (χ2v) is 8.16. The molecule has 9 heteroatoms. The Kier molecular flexibility index (Phi) is 6.04. The number of amides is 1. The van der Waals surface area contributed by atoms with Crippen molar-refractivity contribution in [3.8, 4) is 11.4 Å². The third kappa shape index (κ3) is 4.42. The van der Waals surface area contributed by atoms with Crippen molar-refractivity contribution in [2.45, 2.75) is 18.7 Å². The molecule has 0 bridgehead atoms. The van der Waals surface area contributed by atoms with E-state index in [4.69, 9.17) is 9.88 Å². The van der Waals surface area contributed by atoms with Gasteiger partial charge in [-0.05, 0) is 56.3 Å². The van der Waals surface area contributed by atoms with Crippen molar-refractivity contribution in [3.05, 3.63) is 77.1 Å². The van der Waals surface area contributed by atoms with Crippen LogP contribution >= 0.6 is 0 Å². The van der Waals surface area contributed by atoms with Crippen molar-refractivity contribution in [2.24, 2.45) is 10.2 Å². The van der Waals surface area contributed by atoms with Gasteiger partial charge in [0, 0.05) is 22.6 Å². The van der Waals surface area contributed by atoms with E-state index in [0.29, 0.717) is 11.3 Å². The van der Waals surface area contributed by atoms with Gasteiger partial charge < -0.3 is 9.30 Å². The van der Waals surface area contributed by atoms with Crippen molar-refractivity contribution >= 4 is 22.1 Å². The molecule has 0 unspecified atom stereocenters. The van der Waals surface area contributed by atoms with Crippen LogP contribution < -0.4 is 15.3 Å². The Labute approximate surface area is 175 Å². The summed E-state index contributed by atoms with van der Waals surface area (Å²) >= 11 is 0. The molecule has 0 radical (unpaired) electrons. The maximum atomic E-state index is 12.3. The van der Waals surface area contributed by atoms with E-state index in [9.17, 15) is 13.2 Å². The van der Waals surface area contributed by atoms with Gasteiger partial charge in [-0.15, -0.1) is 0 Å². The van der Waals surface area contributed by atoms with E-state index in [0.717, 1.165) is 22.6 Å². The number of hydrogen-bond acceptors (Lipinski definition) is 5. The summed E-state index contributed by atoms with van der Waals surface area (Å²) in [6.07, 6.45) is 1.56. The van der Waals surface area contributed by atoms with Crippen LogP contribution in [-0.4, -0.2) is 32.2 Å². The number of sulfonamides is 1. The van der Waals surface area contributed by atoms with Crippen LogP contribution in [0.2, 0.25) is 0 Å². The Morgan fingerprint density at radius 2 is 1.80 bits per heavy atom. The summed E-state index contributed by atoms with van der Waals surface area (Å²) < 4.78 is 30.0. The number of ether oxygens (including phenoxy) is 1. The predicted octanol–water partition coefficient (Wildman–Crippen LogP) is 2.51. The summed E-state index contributed by atoms with van der Waals surface area (Å²) in [4.78, 5) is 12.4. The number of carbonyl (C=O) groups excluding carboxylic acids is 1. The summed E-state index contributed by atoms with van der Waals surface area (Å²) in [5, 5.41) is 9.21. The summed E-state index contributed by atoms with van der Waals surface area (Å²) in [5.74, 6) is 0.0856.